The number of benzene rings is 2. The number of aryl methyl sites for hydroxylation is 1. The first-order valence-electron chi connectivity index (χ1n) is 6.25. The predicted molar refractivity (Wildman–Crippen MR) is 78.9 cm³/mol. The summed E-state index contributed by atoms with van der Waals surface area (Å²) in [6, 6.07) is 18.3. The van der Waals surface area contributed by atoms with Gasteiger partial charge in [-0.3, -0.25) is 4.98 Å². The topological polar surface area (TPSA) is 12.9 Å². The van der Waals surface area contributed by atoms with E-state index >= 15 is 0 Å². The van der Waals surface area contributed by atoms with E-state index in [0.717, 1.165) is 22.0 Å². The first-order chi connectivity index (χ1) is 9.31. The Labute approximate surface area is 112 Å². The zero-order chi connectivity index (χ0) is 13.1. The van der Waals surface area contributed by atoms with Gasteiger partial charge in [-0.05, 0) is 43.3 Å². The maximum Gasteiger partial charge on any atom is 0.0702 e. The lowest BCUT2D eigenvalue weighted by Crippen LogP contribution is -1.80. The molecule has 0 saturated carbocycles. The second kappa shape index (κ2) is 4.96. The minimum absolute atomic E-state index is 1.00. The van der Waals surface area contributed by atoms with Crippen LogP contribution in [0.2, 0.25) is 0 Å². The second-order valence-electron chi connectivity index (χ2n) is 4.53. The van der Waals surface area contributed by atoms with Gasteiger partial charge in [-0.1, -0.05) is 35.6 Å². The first-order valence-corrected chi connectivity index (χ1v) is 6.25. The highest BCUT2D eigenvalue weighted by molar-refractivity contribution is 5.79. The summed E-state index contributed by atoms with van der Waals surface area (Å²) < 4.78 is 0. The van der Waals surface area contributed by atoms with E-state index in [2.05, 4.69) is 48.0 Å². The fourth-order valence-electron chi connectivity index (χ4n) is 1.93. The Balaban J connectivity index is 1.95. The van der Waals surface area contributed by atoms with Gasteiger partial charge in [0.2, 0.25) is 0 Å². The normalized spacial score (nSPS) is 9.95. The molecule has 0 radical (unpaired) electrons. The summed E-state index contributed by atoms with van der Waals surface area (Å²) in [5.41, 5.74) is 4.31. The Hall–Kier alpha value is -2.59. The zero-order valence-electron chi connectivity index (χ0n) is 10.7. The molecule has 0 aliphatic rings. The molecule has 3 rings (SSSR count). The third-order valence-electron chi connectivity index (χ3n) is 3.01. The molecular weight excluding hydrogens is 230 g/mol. The molecule has 19 heavy (non-hydrogen) atoms. The van der Waals surface area contributed by atoms with Crippen molar-refractivity contribution in [3.8, 4) is 11.8 Å². The van der Waals surface area contributed by atoms with Crippen LogP contribution in [0.15, 0.2) is 60.8 Å². The molecule has 1 nitrogen and oxygen atoms in total. The van der Waals surface area contributed by atoms with Gasteiger partial charge in [0.1, 0.15) is 0 Å². The molecule has 1 heterocycles. The van der Waals surface area contributed by atoms with Crippen LogP contribution in [0, 0.1) is 18.8 Å². The molecule has 0 fully saturated rings. The lowest BCUT2D eigenvalue weighted by molar-refractivity contribution is 1.41. The van der Waals surface area contributed by atoms with Crippen molar-refractivity contribution in [2.24, 2.45) is 0 Å². The predicted octanol–water partition coefficient (Wildman–Crippen LogP) is 3.94. The standard InChI is InChI=1S/C18H13N/c1-14-4-6-15(7-5-14)8-9-16-10-11-18-17(13-16)3-2-12-19-18/h2-7,10-13H,1H3. The van der Waals surface area contributed by atoms with Gasteiger partial charge >= 0.3 is 0 Å². The molecule has 0 aliphatic heterocycles. The fraction of sp³-hybridized carbons (Fsp3) is 0.0556. The maximum atomic E-state index is 4.30. The van der Waals surface area contributed by atoms with Crippen molar-refractivity contribution in [3.63, 3.8) is 0 Å². The molecule has 90 valence electrons. The van der Waals surface area contributed by atoms with Crippen molar-refractivity contribution in [1.29, 1.82) is 0 Å². The molecule has 0 N–H and O–H groups in total. The van der Waals surface area contributed by atoms with E-state index in [9.17, 15) is 0 Å². The summed E-state index contributed by atoms with van der Waals surface area (Å²) in [7, 11) is 0. The molecule has 2 aromatic carbocycles. The van der Waals surface area contributed by atoms with Crippen LogP contribution < -0.4 is 0 Å². The van der Waals surface area contributed by atoms with Crippen molar-refractivity contribution in [2.45, 2.75) is 6.92 Å². The van der Waals surface area contributed by atoms with Crippen molar-refractivity contribution in [2.75, 3.05) is 0 Å². The number of aromatic nitrogens is 1. The molecule has 0 unspecified atom stereocenters. The third kappa shape index (κ3) is 2.64. The summed E-state index contributed by atoms with van der Waals surface area (Å²) in [6.45, 7) is 2.08. The Morgan fingerprint density at radius 2 is 1.58 bits per heavy atom. The number of rotatable bonds is 0. The van der Waals surface area contributed by atoms with Crippen molar-refractivity contribution >= 4 is 10.9 Å². The summed E-state index contributed by atoms with van der Waals surface area (Å²) in [5.74, 6) is 6.38. The maximum absolute atomic E-state index is 4.30. The van der Waals surface area contributed by atoms with Crippen LogP contribution in [0.3, 0.4) is 0 Å². The Kier molecular flexibility index (Phi) is 3.00. The molecule has 0 saturated heterocycles. The SMILES string of the molecule is Cc1ccc(C#Cc2ccc3ncccc3c2)cc1. The highest BCUT2D eigenvalue weighted by Gasteiger charge is 1.94. The van der Waals surface area contributed by atoms with E-state index < -0.39 is 0 Å². The summed E-state index contributed by atoms with van der Waals surface area (Å²) >= 11 is 0. The van der Waals surface area contributed by atoms with Crippen LogP contribution in [0.1, 0.15) is 16.7 Å². The van der Waals surface area contributed by atoms with E-state index in [1.807, 2.05) is 30.3 Å². The minimum atomic E-state index is 1.00. The van der Waals surface area contributed by atoms with E-state index in [4.69, 9.17) is 0 Å². The van der Waals surface area contributed by atoms with Crippen LogP contribution in [0.4, 0.5) is 0 Å². The fourth-order valence-corrected chi connectivity index (χ4v) is 1.93. The van der Waals surface area contributed by atoms with Gasteiger partial charge in [-0.15, -0.1) is 0 Å². The van der Waals surface area contributed by atoms with Crippen molar-refractivity contribution < 1.29 is 0 Å². The molecule has 0 aliphatic carbocycles. The average molecular weight is 243 g/mol. The zero-order valence-corrected chi connectivity index (χ0v) is 10.7. The molecule has 1 aromatic heterocycles. The van der Waals surface area contributed by atoms with Crippen molar-refractivity contribution in [3.05, 3.63) is 77.5 Å². The number of hydrogen-bond donors (Lipinski definition) is 0. The molecule has 0 amide bonds. The van der Waals surface area contributed by atoms with Crippen LogP contribution in [-0.2, 0) is 0 Å². The molecule has 0 spiro atoms. The smallest absolute Gasteiger partial charge is 0.0702 e. The Bertz CT molecular complexity index is 774. The van der Waals surface area contributed by atoms with E-state index in [-0.39, 0.29) is 0 Å². The molecule has 3 aromatic rings. The van der Waals surface area contributed by atoms with Crippen LogP contribution in [0.5, 0.6) is 0 Å². The number of nitrogens with zero attached hydrogens (tertiary/aromatic N) is 1. The molecule has 0 atom stereocenters. The molecule has 0 bridgehead atoms. The number of pyridine rings is 1. The van der Waals surface area contributed by atoms with Crippen LogP contribution >= 0.6 is 0 Å². The largest absolute Gasteiger partial charge is 0.256 e. The molecule has 1 heteroatoms. The van der Waals surface area contributed by atoms with Gasteiger partial charge in [0, 0.05) is 22.7 Å². The Morgan fingerprint density at radius 1 is 0.842 bits per heavy atom. The molecular formula is C18H13N. The number of hydrogen-bond acceptors (Lipinski definition) is 1. The first kappa shape index (κ1) is 11.5. The van der Waals surface area contributed by atoms with Crippen molar-refractivity contribution in [1.82, 2.24) is 4.98 Å². The minimum Gasteiger partial charge on any atom is -0.256 e. The monoisotopic (exact) mass is 243 g/mol. The summed E-state index contributed by atoms with van der Waals surface area (Å²) in [6.07, 6.45) is 1.81. The third-order valence-corrected chi connectivity index (χ3v) is 3.01. The second-order valence-corrected chi connectivity index (χ2v) is 4.53. The Morgan fingerprint density at radius 3 is 2.42 bits per heavy atom. The van der Waals surface area contributed by atoms with Crippen LogP contribution in [0.25, 0.3) is 10.9 Å². The lowest BCUT2D eigenvalue weighted by Gasteiger charge is -1.96. The van der Waals surface area contributed by atoms with Gasteiger partial charge in [-0.25, -0.2) is 0 Å². The van der Waals surface area contributed by atoms with Gasteiger partial charge in [0.15, 0.2) is 0 Å². The van der Waals surface area contributed by atoms with Gasteiger partial charge < -0.3 is 0 Å². The van der Waals surface area contributed by atoms with Gasteiger partial charge in [0.05, 0.1) is 5.52 Å². The van der Waals surface area contributed by atoms with Gasteiger partial charge in [0.25, 0.3) is 0 Å². The summed E-state index contributed by atoms with van der Waals surface area (Å²) in [5, 5.41) is 1.12. The van der Waals surface area contributed by atoms with Gasteiger partial charge in [-0.2, -0.15) is 0 Å². The quantitative estimate of drug-likeness (QED) is 0.545. The number of fused-ring (bicyclic) bond motifs is 1. The summed E-state index contributed by atoms with van der Waals surface area (Å²) in [4.78, 5) is 4.30. The van der Waals surface area contributed by atoms with E-state index in [0.29, 0.717) is 0 Å². The van der Waals surface area contributed by atoms with E-state index in [1.165, 1.54) is 5.56 Å². The average Bonchev–Trinajstić information content (AvgIpc) is 2.46. The highest BCUT2D eigenvalue weighted by Crippen LogP contribution is 2.12. The van der Waals surface area contributed by atoms with E-state index in [1.54, 1.807) is 6.20 Å². The highest BCUT2D eigenvalue weighted by atomic mass is 14.6. The van der Waals surface area contributed by atoms with Crippen LogP contribution in [-0.4, -0.2) is 4.98 Å². The lowest BCUT2D eigenvalue weighted by atomic mass is 10.1.